The lowest BCUT2D eigenvalue weighted by atomic mass is 10.2. The van der Waals surface area contributed by atoms with Crippen LogP contribution in [0.2, 0.25) is 0 Å². The van der Waals surface area contributed by atoms with Gasteiger partial charge in [-0.25, -0.2) is 16.8 Å². The fourth-order valence-corrected chi connectivity index (χ4v) is 6.31. The van der Waals surface area contributed by atoms with Crippen LogP contribution in [0.5, 0.6) is 0 Å². The van der Waals surface area contributed by atoms with Crippen molar-refractivity contribution in [2.24, 2.45) is 4.99 Å². The third-order valence-electron chi connectivity index (χ3n) is 5.25. The molecule has 1 amide bonds. The lowest BCUT2D eigenvalue weighted by Gasteiger charge is -2.26. The van der Waals surface area contributed by atoms with Gasteiger partial charge in [0.15, 0.2) is 0 Å². The van der Waals surface area contributed by atoms with Crippen molar-refractivity contribution in [2.45, 2.75) is 22.6 Å². The summed E-state index contributed by atoms with van der Waals surface area (Å²) in [6, 6.07) is 11.7. The number of amides is 1. The molecule has 176 valence electrons. The van der Waals surface area contributed by atoms with Crippen LogP contribution < -0.4 is 10.0 Å². The van der Waals surface area contributed by atoms with Crippen LogP contribution in [-0.4, -0.2) is 65.7 Å². The van der Waals surface area contributed by atoms with Crippen molar-refractivity contribution < 1.29 is 26.4 Å². The van der Waals surface area contributed by atoms with Gasteiger partial charge < -0.3 is 10.1 Å². The summed E-state index contributed by atoms with van der Waals surface area (Å²) in [5.41, 5.74) is 0.186. The summed E-state index contributed by atoms with van der Waals surface area (Å²) in [5.74, 6) is -0.253. The number of carbonyl (C=O) groups excluding carboxylic acids is 1. The maximum absolute atomic E-state index is 13.1. The number of carbonyl (C=O) groups is 1. The second-order valence-corrected chi connectivity index (χ2v) is 11.1. The third-order valence-corrected chi connectivity index (χ3v) is 8.58. The van der Waals surface area contributed by atoms with Crippen LogP contribution in [0.3, 0.4) is 0 Å². The first kappa shape index (κ1) is 23.4. The van der Waals surface area contributed by atoms with E-state index < -0.39 is 26.0 Å². The van der Waals surface area contributed by atoms with Gasteiger partial charge in [0.2, 0.25) is 10.0 Å². The van der Waals surface area contributed by atoms with Gasteiger partial charge in [-0.1, -0.05) is 18.2 Å². The number of morpholine rings is 1. The van der Waals surface area contributed by atoms with Gasteiger partial charge in [-0.15, -0.1) is 0 Å². The number of amidine groups is 1. The Morgan fingerprint density at radius 1 is 1.00 bits per heavy atom. The number of hydrogen-bond donors (Lipinski definition) is 2. The number of ether oxygens (including phenoxy) is 1. The van der Waals surface area contributed by atoms with Crippen molar-refractivity contribution in [3.05, 3.63) is 54.1 Å². The molecule has 0 spiro atoms. The molecule has 4 rings (SSSR count). The number of hydrogen-bond acceptors (Lipinski definition) is 7. The molecule has 33 heavy (non-hydrogen) atoms. The zero-order valence-corrected chi connectivity index (χ0v) is 19.4. The van der Waals surface area contributed by atoms with E-state index in [-0.39, 0.29) is 47.3 Å². The second kappa shape index (κ2) is 9.59. The highest BCUT2D eigenvalue weighted by atomic mass is 32.2. The molecular weight excluding hydrogens is 468 g/mol. The lowest BCUT2D eigenvalue weighted by Crippen LogP contribution is -2.41. The summed E-state index contributed by atoms with van der Waals surface area (Å²) >= 11 is 0. The van der Waals surface area contributed by atoms with Crippen LogP contribution >= 0.6 is 0 Å². The predicted octanol–water partition coefficient (Wildman–Crippen LogP) is 1.43. The summed E-state index contributed by atoms with van der Waals surface area (Å²) in [7, 11) is -7.76. The van der Waals surface area contributed by atoms with E-state index >= 15 is 0 Å². The first-order chi connectivity index (χ1) is 15.8. The van der Waals surface area contributed by atoms with Crippen molar-refractivity contribution >= 4 is 37.5 Å². The molecule has 0 atom stereocenters. The molecule has 2 aliphatic heterocycles. The Labute approximate surface area is 192 Å². The topological polar surface area (TPSA) is 134 Å². The minimum absolute atomic E-state index is 0.0318. The van der Waals surface area contributed by atoms with E-state index in [1.807, 2.05) is 0 Å². The molecule has 2 aliphatic rings. The molecule has 0 aliphatic carbocycles. The van der Waals surface area contributed by atoms with E-state index in [0.717, 1.165) is 6.42 Å². The van der Waals surface area contributed by atoms with Crippen molar-refractivity contribution in [3.8, 4) is 0 Å². The predicted molar refractivity (Wildman–Crippen MR) is 122 cm³/mol. The SMILES string of the molecule is O=C(Nc1cccc(S(=O)(=O)NC2=NCCC2)c1)c1ccccc1S(=O)(=O)N1CCOCC1. The van der Waals surface area contributed by atoms with E-state index in [4.69, 9.17) is 4.74 Å². The molecular formula is C21H24N4O6S2. The van der Waals surface area contributed by atoms with Gasteiger partial charge in [0.25, 0.3) is 15.9 Å². The first-order valence-corrected chi connectivity index (χ1v) is 13.3. The summed E-state index contributed by atoms with van der Waals surface area (Å²) in [4.78, 5) is 17.0. The highest BCUT2D eigenvalue weighted by Gasteiger charge is 2.30. The minimum atomic E-state index is -3.90. The molecule has 2 aromatic carbocycles. The summed E-state index contributed by atoms with van der Waals surface area (Å²) in [5, 5.41) is 2.61. The molecule has 2 aromatic rings. The monoisotopic (exact) mass is 492 g/mol. The second-order valence-electron chi connectivity index (χ2n) is 7.53. The molecule has 0 radical (unpaired) electrons. The van der Waals surface area contributed by atoms with Gasteiger partial charge in [0, 0.05) is 31.7 Å². The highest BCUT2D eigenvalue weighted by molar-refractivity contribution is 7.90. The first-order valence-electron chi connectivity index (χ1n) is 10.4. The molecule has 0 unspecified atom stereocenters. The molecule has 12 heteroatoms. The van der Waals surface area contributed by atoms with E-state index in [9.17, 15) is 21.6 Å². The van der Waals surface area contributed by atoms with Crippen molar-refractivity contribution in [1.29, 1.82) is 0 Å². The molecule has 0 saturated carbocycles. The lowest BCUT2D eigenvalue weighted by molar-refractivity contribution is 0.0730. The van der Waals surface area contributed by atoms with Crippen molar-refractivity contribution in [3.63, 3.8) is 0 Å². The molecule has 0 bridgehead atoms. The van der Waals surface area contributed by atoms with Crippen LogP contribution in [0.15, 0.2) is 63.3 Å². The van der Waals surface area contributed by atoms with Crippen LogP contribution in [0.4, 0.5) is 5.69 Å². The Balaban J connectivity index is 1.57. The van der Waals surface area contributed by atoms with E-state index in [1.165, 1.54) is 40.7 Å². The molecule has 1 saturated heterocycles. The zero-order valence-electron chi connectivity index (χ0n) is 17.7. The Bertz CT molecular complexity index is 1290. The molecule has 10 nitrogen and oxygen atoms in total. The van der Waals surface area contributed by atoms with Crippen LogP contribution in [0, 0.1) is 0 Å². The summed E-state index contributed by atoms with van der Waals surface area (Å²) in [6.07, 6.45) is 1.35. The van der Waals surface area contributed by atoms with Crippen LogP contribution in [0.1, 0.15) is 23.2 Å². The number of anilines is 1. The Morgan fingerprint density at radius 3 is 2.48 bits per heavy atom. The number of aliphatic imine (C=N–C) groups is 1. The fourth-order valence-electron chi connectivity index (χ4n) is 3.58. The summed E-state index contributed by atoms with van der Waals surface area (Å²) in [6.45, 7) is 1.57. The third kappa shape index (κ3) is 5.24. The maximum atomic E-state index is 13.1. The minimum Gasteiger partial charge on any atom is -0.379 e. The van der Waals surface area contributed by atoms with E-state index in [1.54, 1.807) is 12.1 Å². The Morgan fingerprint density at radius 2 is 1.76 bits per heavy atom. The zero-order chi connectivity index (χ0) is 23.5. The summed E-state index contributed by atoms with van der Waals surface area (Å²) < 4.78 is 60.5. The Kier molecular flexibility index (Phi) is 6.79. The molecule has 0 aromatic heterocycles. The molecule has 1 fully saturated rings. The van der Waals surface area contributed by atoms with E-state index in [0.29, 0.717) is 18.8 Å². The molecule has 2 heterocycles. The van der Waals surface area contributed by atoms with Crippen molar-refractivity contribution in [2.75, 3.05) is 38.2 Å². The number of rotatable bonds is 6. The fraction of sp³-hybridized carbons (Fsp3) is 0.333. The number of sulfonamides is 2. The standard InChI is InChI=1S/C21H24N4O6S2/c26-21(18-7-1-2-8-19(18)33(29,30)25-11-13-31-14-12-25)23-16-5-3-6-17(15-16)32(27,28)24-20-9-4-10-22-20/h1-3,5-8,15H,4,9-14H2,(H,22,24)(H,23,26). The highest BCUT2D eigenvalue weighted by Crippen LogP contribution is 2.23. The smallest absolute Gasteiger partial charge is 0.262 e. The van der Waals surface area contributed by atoms with Gasteiger partial charge in [-0.3, -0.25) is 14.5 Å². The van der Waals surface area contributed by atoms with Gasteiger partial charge in [-0.2, -0.15) is 4.31 Å². The average Bonchev–Trinajstić information content (AvgIpc) is 3.32. The normalized spacial score (nSPS) is 17.4. The van der Waals surface area contributed by atoms with Gasteiger partial charge in [0.05, 0.1) is 28.6 Å². The number of nitrogens with one attached hydrogen (secondary N) is 2. The largest absolute Gasteiger partial charge is 0.379 e. The van der Waals surface area contributed by atoms with Gasteiger partial charge >= 0.3 is 0 Å². The van der Waals surface area contributed by atoms with Crippen molar-refractivity contribution in [1.82, 2.24) is 9.03 Å². The van der Waals surface area contributed by atoms with Crippen LogP contribution in [-0.2, 0) is 24.8 Å². The maximum Gasteiger partial charge on any atom is 0.262 e. The Hall–Kier alpha value is -2.80. The van der Waals surface area contributed by atoms with Crippen LogP contribution in [0.25, 0.3) is 0 Å². The number of benzene rings is 2. The quantitative estimate of drug-likeness (QED) is 0.627. The average molecular weight is 493 g/mol. The van der Waals surface area contributed by atoms with E-state index in [2.05, 4.69) is 15.0 Å². The van der Waals surface area contributed by atoms with Gasteiger partial charge in [-0.05, 0) is 36.8 Å². The number of nitrogens with zero attached hydrogens (tertiary/aromatic N) is 2. The molecule has 2 N–H and O–H groups in total. The van der Waals surface area contributed by atoms with Gasteiger partial charge in [0.1, 0.15) is 5.84 Å².